The first kappa shape index (κ1) is 43.1. The van der Waals surface area contributed by atoms with E-state index in [0.29, 0.717) is 30.9 Å². The van der Waals surface area contributed by atoms with Gasteiger partial charge in [-0.1, -0.05) is 55.0 Å². The maximum Gasteiger partial charge on any atom is 0.411 e. The molecule has 13 heteroatoms. The molecule has 1 fully saturated rings. The Hall–Kier alpha value is -4.62. The number of thiophene rings is 1. The third-order valence-corrected chi connectivity index (χ3v) is 10.7. The highest BCUT2D eigenvalue weighted by molar-refractivity contribution is 7.18. The Balaban J connectivity index is 1.06. The van der Waals surface area contributed by atoms with E-state index in [1.165, 1.54) is 16.2 Å². The van der Waals surface area contributed by atoms with Crippen molar-refractivity contribution in [2.45, 2.75) is 77.9 Å². The number of hydrogen-bond donors (Lipinski definition) is 2. The Morgan fingerprint density at radius 2 is 1.53 bits per heavy atom. The van der Waals surface area contributed by atoms with E-state index in [1.807, 2.05) is 100 Å². The smallest absolute Gasteiger partial charge is 0.411 e. The van der Waals surface area contributed by atoms with Gasteiger partial charge in [-0.2, -0.15) is 0 Å². The van der Waals surface area contributed by atoms with Crippen LogP contribution in [-0.2, 0) is 14.3 Å². The number of hydrogen-bond acceptors (Lipinski definition) is 9. The Labute approximate surface area is 331 Å². The van der Waals surface area contributed by atoms with Crippen molar-refractivity contribution in [1.29, 1.82) is 0 Å². The maximum absolute atomic E-state index is 13.1. The summed E-state index contributed by atoms with van der Waals surface area (Å²) in [5.41, 5.74) is 3.05. The lowest BCUT2D eigenvalue weighted by atomic mass is 10.0. The van der Waals surface area contributed by atoms with Crippen LogP contribution in [0.15, 0.2) is 60.7 Å². The second-order valence-electron chi connectivity index (χ2n) is 15.3. The number of nitrogens with one attached hydrogen (secondary N) is 2. The summed E-state index contributed by atoms with van der Waals surface area (Å²) in [7, 11) is 5.28. The van der Waals surface area contributed by atoms with Gasteiger partial charge in [-0.3, -0.25) is 14.9 Å². The molecule has 0 saturated carbocycles. The number of piperidine rings is 1. The van der Waals surface area contributed by atoms with E-state index in [9.17, 15) is 19.2 Å². The number of unbranched alkanes of at least 4 members (excludes halogenated alkanes) is 2. The van der Waals surface area contributed by atoms with Crippen LogP contribution in [0.2, 0.25) is 0 Å². The van der Waals surface area contributed by atoms with Crippen LogP contribution in [0.4, 0.5) is 20.3 Å². The fourth-order valence-electron chi connectivity index (χ4n) is 6.19. The van der Waals surface area contributed by atoms with E-state index in [-0.39, 0.29) is 17.9 Å². The van der Waals surface area contributed by atoms with Gasteiger partial charge >= 0.3 is 12.2 Å². The summed E-state index contributed by atoms with van der Waals surface area (Å²) >= 11 is 1.44. The molecule has 0 spiro atoms. The highest BCUT2D eigenvalue weighted by Crippen LogP contribution is 2.29. The van der Waals surface area contributed by atoms with Crippen molar-refractivity contribution in [1.82, 2.24) is 19.6 Å². The number of nitrogens with zero attached hydrogens (tertiary/aromatic N) is 4. The van der Waals surface area contributed by atoms with Crippen LogP contribution in [0.3, 0.4) is 0 Å². The van der Waals surface area contributed by atoms with Gasteiger partial charge in [0.05, 0.1) is 15.6 Å². The van der Waals surface area contributed by atoms with Crippen LogP contribution in [0.1, 0.15) is 74.5 Å². The van der Waals surface area contributed by atoms with Crippen molar-refractivity contribution in [2.24, 2.45) is 0 Å². The van der Waals surface area contributed by atoms with Crippen molar-refractivity contribution in [3.05, 3.63) is 71.1 Å². The van der Waals surface area contributed by atoms with Crippen molar-refractivity contribution in [3.8, 4) is 11.1 Å². The molecular formula is C42H60N6O6S. The minimum atomic E-state index is -0.571. The fourth-order valence-corrected chi connectivity index (χ4v) is 7.28. The first-order valence-electron chi connectivity index (χ1n) is 19.3. The third-order valence-electron chi connectivity index (χ3n) is 9.54. The Kier molecular flexibility index (Phi) is 16.4. The zero-order valence-corrected chi connectivity index (χ0v) is 34.5. The zero-order valence-electron chi connectivity index (χ0n) is 33.7. The molecule has 1 aliphatic rings. The van der Waals surface area contributed by atoms with Crippen LogP contribution in [0.5, 0.6) is 0 Å². The summed E-state index contributed by atoms with van der Waals surface area (Å²) in [5.74, 6) is 0.0767. The van der Waals surface area contributed by atoms with E-state index in [1.54, 1.807) is 19.0 Å². The molecule has 1 aromatic heterocycles. The van der Waals surface area contributed by atoms with Gasteiger partial charge in [0.1, 0.15) is 11.7 Å². The Bertz CT molecular complexity index is 1700. The van der Waals surface area contributed by atoms with Gasteiger partial charge in [-0.25, -0.2) is 9.59 Å². The molecule has 2 aromatic carbocycles. The molecule has 0 bridgehead atoms. The number of rotatable bonds is 17. The molecule has 4 rings (SSSR count). The van der Waals surface area contributed by atoms with Crippen LogP contribution < -0.4 is 10.6 Å². The minimum Gasteiger partial charge on any atom is -0.446 e. The average molecular weight is 777 g/mol. The third kappa shape index (κ3) is 14.2. The maximum atomic E-state index is 13.1. The molecule has 3 aromatic rings. The van der Waals surface area contributed by atoms with Gasteiger partial charge < -0.3 is 34.4 Å². The molecule has 2 heterocycles. The lowest BCUT2D eigenvalue weighted by Gasteiger charge is -2.32. The summed E-state index contributed by atoms with van der Waals surface area (Å²) in [6.07, 6.45) is 3.71. The molecule has 55 heavy (non-hydrogen) atoms. The second-order valence-corrected chi connectivity index (χ2v) is 16.3. The molecule has 2 N–H and O–H groups in total. The summed E-state index contributed by atoms with van der Waals surface area (Å²) in [5, 5.41) is 7.31. The van der Waals surface area contributed by atoms with Crippen molar-refractivity contribution in [2.75, 3.05) is 77.6 Å². The quantitative estimate of drug-likeness (QED) is 0.133. The van der Waals surface area contributed by atoms with Gasteiger partial charge in [0, 0.05) is 78.9 Å². The highest BCUT2D eigenvalue weighted by Gasteiger charge is 2.24. The van der Waals surface area contributed by atoms with Gasteiger partial charge in [0.15, 0.2) is 0 Å². The number of anilines is 2. The summed E-state index contributed by atoms with van der Waals surface area (Å²) in [6, 6.07) is 19.7. The van der Waals surface area contributed by atoms with Crippen LogP contribution in [-0.4, -0.2) is 122 Å². The van der Waals surface area contributed by atoms with Crippen molar-refractivity contribution >= 4 is 46.0 Å². The molecule has 300 valence electrons. The van der Waals surface area contributed by atoms with Gasteiger partial charge in [0.25, 0.3) is 5.91 Å². The van der Waals surface area contributed by atoms with Crippen molar-refractivity contribution in [3.63, 3.8) is 0 Å². The molecule has 1 aliphatic heterocycles. The van der Waals surface area contributed by atoms with Crippen LogP contribution >= 0.6 is 11.3 Å². The lowest BCUT2D eigenvalue weighted by Crippen LogP contribution is -2.42. The number of carbonyl (C=O) groups is 4. The minimum absolute atomic E-state index is 0.0733. The molecule has 0 unspecified atom stereocenters. The number of aryl methyl sites for hydroxylation is 1. The number of benzene rings is 2. The fraction of sp³-hybridized carbons (Fsp3) is 0.524. The van der Waals surface area contributed by atoms with Gasteiger partial charge in [-0.05, 0) is 76.6 Å². The molecule has 0 atom stereocenters. The predicted molar refractivity (Wildman–Crippen MR) is 221 cm³/mol. The number of carbonyl (C=O) groups excluding carboxylic acids is 4. The topological polar surface area (TPSA) is 124 Å². The first-order valence-corrected chi connectivity index (χ1v) is 20.1. The SMILES string of the molecule is Cc1cc(NCCCCCC(=O)N(C)CCN2CCC(OC(=O)Nc3ccccc3-c3ccccc3)CC2)sc1C(=O)N(C)CCN(C)C(=O)OC(C)(C)C. The largest absolute Gasteiger partial charge is 0.446 e. The van der Waals surface area contributed by atoms with E-state index in [2.05, 4.69) is 15.5 Å². The number of para-hydroxylation sites is 1. The number of ether oxygens (including phenoxy) is 2. The molecule has 0 aliphatic carbocycles. The molecule has 4 amide bonds. The van der Waals surface area contributed by atoms with E-state index >= 15 is 0 Å². The Morgan fingerprint density at radius 3 is 2.24 bits per heavy atom. The van der Waals surface area contributed by atoms with Gasteiger partial charge in [0.2, 0.25) is 5.91 Å². The van der Waals surface area contributed by atoms with E-state index in [4.69, 9.17) is 9.47 Å². The molecule has 1 saturated heterocycles. The van der Waals surface area contributed by atoms with E-state index in [0.717, 1.165) is 85.7 Å². The number of amides is 4. The van der Waals surface area contributed by atoms with Gasteiger partial charge in [-0.15, -0.1) is 11.3 Å². The first-order chi connectivity index (χ1) is 26.2. The lowest BCUT2D eigenvalue weighted by molar-refractivity contribution is -0.130. The number of likely N-dealkylation sites (tertiary alicyclic amines) is 1. The highest BCUT2D eigenvalue weighted by atomic mass is 32.1. The molecular weight excluding hydrogens is 717 g/mol. The zero-order chi connectivity index (χ0) is 40.0. The molecule has 0 radical (unpaired) electrons. The monoisotopic (exact) mass is 776 g/mol. The van der Waals surface area contributed by atoms with Crippen LogP contribution in [0.25, 0.3) is 11.1 Å². The summed E-state index contributed by atoms with van der Waals surface area (Å²) in [4.78, 5) is 58.9. The molecule has 12 nitrogen and oxygen atoms in total. The second kappa shape index (κ2) is 20.9. The predicted octanol–water partition coefficient (Wildman–Crippen LogP) is 7.81. The summed E-state index contributed by atoms with van der Waals surface area (Å²) in [6.45, 7) is 12.0. The van der Waals surface area contributed by atoms with Crippen LogP contribution in [0, 0.1) is 6.92 Å². The van der Waals surface area contributed by atoms with Crippen molar-refractivity contribution < 1.29 is 28.7 Å². The van der Waals surface area contributed by atoms with E-state index < -0.39 is 17.8 Å². The Morgan fingerprint density at radius 1 is 0.855 bits per heavy atom. The summed E-state index contributed by atoms with van der Waals surface area (Å²) < 4.78 is 11.2. The number of likely N-dealkylation sites (N-methyl/N-ethyl adjacent to an activating group) is 3. The normalized spacial score (nSPS) is 13.5. The average Bonchev–Trinajstić information content (AvgIpc) is 3.53. The standard InChI is InChI=1S/C42H60N6O6S/c1-31-30-36(55-38(31)39(50)46(6)26-27-47(7)41(52)54-42(2,3)4)43-23-15-9-12-20-37(49)45(5)28-29-48-24-21-33(22-25-48)53-40(51)44-35-19-14-13-18-34(35)32-16-10-8-11-17-32/h8,10-11,13-14,16-19,30,33,43H,9,12,15,20-29H2,1-7H3,(H,44,51).